The topological polar surface area (TPSA) is 51.0 Å². The van der Waals surface area contributed by atoms with Crippen LogP contribution in [0, 0.1) is 0 Å². The molecule has 2 heterocycles. The highest BCUT2D eigenvalue weighted by atomic mass is 16.5. The van der Waals surface area contributed by atoms with Gasteiger partial charge < -0.3 is 4.74 Å². The first-order chi connectivity index (χ1) is 4.88. The lowest BCUT2D eigenvalue weighted by atomic mass is 10.2. The molecule has 0 saturated carbocycles. The van der Waals surface area contributed by atoms with Crippen LogP contribution in [-0.2, 0) is 9.53 Å². The highest BCUT2D eigenvalue weighted by Crippen LogP contribution is 2.20. The normalized spacial score (nSPS) is 21.4. The molecule has 0 spiro atoms. The number of carbonyl (C=O) groups is 1. The summed E-state index contributed by atoms with van der Waals surface area (Å²) < 4.78 is 4.89. The fraction of sp³-hybridized carbons (Fsp3) is 0.167. The maximum absolute atomic E-state index is 10.8. The third-order valence-corrected chi connectivity index (χ3v) is 1.35. The number of hydrogen-bond donors (Lipinski definition) is 0. The summed E-state index contributed by atoms with van der Waals surface area (Å²) in [4.78, 5) is 10.8. The number of carbonyl (C=O) groups excluding carboxylic acids is 1. The zero-order chi connectivity index (χ0) is 6.97. The fourth-order valence-electron chi connectivity index (χ4n) is 0.854. The second-order valence-corrected chi connectivity index (χ2v) is 1.98. The summed E-state index contributed by atoms with van der Waals surface area (Å²) >= 11 is 0. The Morgan fingerprint density at radius 2 is 2.40 bits per heavy atom. The molecule has 4 heteroatoms. The average Bonchev–Trinajstić information content (AvgIpc) is 2.34. The van der Waals surface area contributed by atoms with Crippen LogP contribution in [0.25, 0.3) is 0 Å². The SMILES string of the molecule is O=C1N=NC2=C1C=COC2. The van der Waals surface area contributed by atoms with E-state index in [9.17, 15) is 4.79 Å². The fourth-order valence-corrected chi connectivity index (χ4v) is 0.854. The van der Waals surface area contributed by atoms with Crippen LogP contribution in [0.5, 0.6) is 0 Å². The second kappa shape index (κ2) is 1.76. The first-order valence-corrected chi connectivity index (χ1v) is 2.85. The Bertz CT molecular complexity index is 275. The van der Waals surface area contributed by atoms with E-state index in [1.165, 1.54) is 6.26 Å². The minimum absolute atomic E-state index is 0.269. The molecule has 2 aliphatic heterocycles. The summed E-state index contributed by atoms with van der Waals surface area (Å²) in [7, 11) is 0. The van der Waals surface area contributed by atoms with E-state index < -0.39 is 0 Å². The van der Waals surface area contributed by atoms with Gasteiger partial charge >= 0.3 is 0 Å². The first-order valence-electron chi connectivity index (χ1n) is 2.85. The maximum atomic E-state index is 10.8. The molecule has 0 aromatic carbocycles. The average molecular weight is 136 g/mol. The van der Waals surface area contributed by atoms with Crippen molar-refractivity contribution in [3.8, 4) is 0 Å². The molecule has 50 valence electrons. The number of amides is 1. The Labute approximate surface area is 56.9 Å². The van der Waals surface area contributed by atoms with Gasteiger partial charge in [-0.05, 0) is 6.08 Å². The van der Waals surface area contributed by atoms with E-state index in [4.69, 9.17) is 4.74 Å². The van der Waals surface area contributed by atoms with E-state index >= 15 is 0 Å². The van der Waals surface area contributed by atoms with Crippen LogP contribution in [0.15, 0.2) is 33.8 Å². The molecule has 10 heavy (non-hydrogen) atoms. The second-order valence-electron chi connectivity index (χ2n) is 1.98. The summed E-state index contributed by atoms with van der Waals surface area (Å²) in [6.07, 6.45) is 3.06. The minimum atomic E-state index is -0.269. The number of azo groups is 1. The lowest BCUT2D eigenvalue weighted by Gasteiger charge is -2.03. The van der Waals surface area contributed by atoms with E-state index in [-0.39, 0.29) is 5.91 Å². The molecular formula is C6H4N2O2. The molecule has 2 aliphatic rings. The van der Waals surface area contributed by atoms with E-state index in [1.54, 1.807) is 6.08 Å². The lowest BCUT2D eigenvalue weighted by molar-refractivity contribution is -0.114. The zero-order valence-corrected chi connectivity index (χ0v) is 5.07. The highest BCUT2D eigenvalue weighted by molar-refractivity contribution is 5.99. The van der Waals surface area contributed by atoms with Crippen molar-refractivity contribution in [3.63, 3.8) is 0 Å². The molecule has 0 aliphatic carbocycles. The predicted octanol–water partition coefficient (Wildman–Crippen LogP) is 0.777. The molecule has 0 aromatic heterocycles. The molecule has 0 atom stereocenters. The number of hydrogen-bond acceptors (Lipinski definition) is 3. The quantitative estimate of drug-likeness (QED) is 0.494. The number of ether oxygens (including phenoxy) is 1. The molecule has 0 bridgehead atoms. The van der Waals surface area contributed by atoms with Gasteiger partial charge in [0, 0.05) is 0 Å². The van der Waals surface area contributed by atoms with Crippen LogP contribution in [-0.4, -0.2) is 12.5 Å². The highest BCUT2D eigenvalue weighted by Gasteiger charge is 2.20. The summed E-state index contributed by atoms with van der Waals surface area (Å²) in [5, 5.41) is 6.98. The van der Waals surface area contributed by atoms with Gasteiger partial charge in [0.15, 0.2) is 0 Å². The van der Waals surface area contributed by atoms with Gasteiger partial charge in [0.1, 0.15) is 12.3 Å². The Balaban J connectivity index is 2.46. The van der Waals surface area contributed by atoms with Crippen molar-refractivity contribution in [2.75, 3.05) is 6.61 Å². The van der Waals surface area contributed by atoms with Crippen molar-refractivity contribution in [2.24, 2.45) is 10.2 Å². The van der Waals surface area contributed by atoms with Gasteiger partial charge in [-0.3, -0.25) is 4.79 Å². The van der Waals surface area contributed by atoms with E-state index in [0.29, 0.717) is 17.9 Å². The summed E-state index contributed by atoms with van der Waals surface area (Å²) in [5.74, 6) is -0.269. The molecule has 4 nitrogen and oxygen atoms in total. The Morgan fingerprint density at radius 3 is 3.20 bits per heavy atom. The van der Waals surface area contributed by atoms with Crippen LogP contribution in [0.1, 0.15) is 0 Å². The Hall–Kier alpha value is -1.45. The van der Waals surface area contributed by atoms with Crippen molar-refractivity contribution in [3.05, 3.63) is 23.6 Å². The van der Waals surface area contributed by atoms with Crippen molar-refractivity contribution in [1.29, 1.82) is 0 Å². The standard InChI is InChI=1S/C6H4N2O2/c9-6-4-1-2-10-3-5(4)7-8-6/h1-2H,3H2. The predicted molar refractivity (Wildman–Crippen MR) is 32.0 cm³/mol. The lowest BCUT2D eigenvalue weighted by Crippen LogP contribution is -2.01. The smallest absolute Gasteiger partial charge is 0.297 e. The van der Waals surface area contributed by atoms with Crippen LogP contribution < -0.4 is 0 Å². The van der Waals surface area contributed by atoms with Crippen LogP contribution in [0.3, 0.4) is 0 Å². The number of rotatable bonds is 0. The van der Waals surface area contributed by atoms with Crippen molar-refractivity contribution >= 4 is 5.91 Å². The molecule has 0 fully saturated rings. The van der Waals surface area contributed by atoms with Crippen molar-refractivity contribution in [2.45, 2.75) is 0 Å². The maximum Gasteiger partial charge on any atom is 0.297 e. The molecule has 0 saturated heterocycles. The summed E-state index contributed by atoms with van der Waals surface area (Å²) in [5.41, 5.74) is 1.19. The third-order valence-electron chi connectivity index (χ3n) is 1.35. The number of nitrogens with zero attached hydrogens (tertiary/aromatic N) is 2. The summed E-state index contributed by atoms with van der Waals surface area (Å²) in [6.45, 7) is 0.362. The Morgan fingerprint density at radius 1 is 1.50 bits per heavy atom. The van der Waals surface area contributed by atoms with Gasteiger partial charge in [-0.15, -0.1) is 10.2 Å². The molecule has 0 aromatic rings. The molecule has 1 amide bonds. The molecule has 0 N–H and O–H groups in total. The molecule has 0 unspecified atom stereocenters. The van der Waals surface area contributed by atoms with Gasteiger partial charge in [-0.2, -0.15) is 0 Å². The first kappa shape index (κ1) is 5.34. The van der Waals surface area contributed by atoms with Crippen LogP contribution in [0.2, 0.25) is 0 Å². The van der Waals surface area contributed by atoms with E-state index in [2.05, 4.69) is 10.2 Å². The molecule has 0 radical (unpaired) electrons. The summed E-state index contributed by atoms with van der Waals surface area (Å²) in [6, 6.07) is 0. The Kier molecular flexibility index (Phi) is 0.943. The largest absolute Gasteiger partial charge is 0.495 e. The van der Waals surface area contributed by atoms with Gasteiger partial charge in [-0.25, -0.2) is 0 Å². The van der Waals surface area contributed by atoms with E-state index in [1.807, 2.05) is 0 Å². The minimum Gasteiger partial charge on any atom is -0.495 e. The molecular weight excluding hydrogens is 132 g/mol. The van der Waals surface area contributed by atoms with Gasteiger partial charge in [0.2, 0.25) is 0 Å². The monoisotopic (exact) mass is 136 g/mol. The van der Waals surface area contributed by atoms with Crippen LogP contribution >= 0.6 is 0 Å². The zero-order valence-electron chi connectivity index (χ0n) is 5.07. The van der Waals surface area contributed by atoms with Gasteiger partial charge in [-0.1, -0.05) is 0 Å². The van der Waals surface area contributed by atoms with Crippen molar-refractivity contribution < 1.29 is 9.53 Å². The van der Waals surface area contributed by atoms with Gasteiger partial charge in [0.25, 0.3) is 5.91 Å². The van der Waals surface area contributed by atoms with Crippen molar-refractivity contribution in [1.82, 2.24) is 0 Å². The van der Waals surface area contributed by atoms with Gasteiger partial charge in [0.05, 0.1) is 11.8 Å². The third kappa shape index (κ3) is 0.586. The van der Waals surface area contributed by atoms with E-state index in [0.717, 1.165) is 0 Å². The molecule has 2 rings (SSSR count). The van der Waals surface area contributed by atoms with Crippen LogP contribution in [0.4, 0.5) is 0 Å².